The molecule has 2 aromatic rings. The number of halogens is 2. The van der Waals surface area contributed by atoms with Crippen molar-refractivity contribution in [3.8, 4) is 5.75 Å². The number of carbonyl (C=O) groups is 1. The van der Waals surface area contributed by atoms with Crippen molar-refractivity contribution >= 4 is 23.6 Å². The molecule has 0 aliphatic heterocycles. The van der Waals surface area contributed by atoms with Crippen LogP contribution in [-0.4, -0.2) is 16.2 Å². The van der Waals surface area contributed by atoms with E-state index in [0.717, 1.165) is 11.1 Å². The van der Waals surface area contributed by atoms with Crippen molar-refractivity contribution in [3.63, 3.8) is 0 Å². The van der Waals surface area contributed by atoms with Crippen molar-refractivity contribution < 1.29 is 19.4 Å². The lowest BCUT2D eigenvalue weighted by Crippen LogP contribution is -2.02. The molecule has 26 heavy (non-hydrogen) atoms. The standard InChI is InChI=1S/C21H22ClFO3/c1-11(2)19-18(24)6-5-15(20(19)23)10-16-12(3)7-14(9-17(16)22)8-13(4)21(25)26/h5-9,11,24H,10H2,1-4H3,(H,25,26)/b13-8+. The van der Waals surface area contributed by atoms with Gasteiger partial charge in [-0.15, -0.1) is 0 Å². The molecule has 2 aromatic carbocycles. The number of aryl methyl sites for hydroxylation is 1. The van der Waals surface area contributed by atoms with Crippen LogP contribution in [0.2, 0.25) is 5.02 Å². The highest BCUT2D eigenvalue weighted by Gasteiger charge is 2.18. The van der Waals surface area contributed by atoms with Crippen molar-refractivity contribution in [2.24, 2.45) is 0 Å². The second-order valence-electron chi connectivity index (χ2n) is 6.73. The third-order valence-corrected chi connectivity index (χ3v) is 4.68. The molecule has 0 aliphatic rings. The molecule has 138 valence electrons. The Morgan fingerprint density at radius 2 is 1.96 bits per heavy atom. The predicted molar refractivity (Wildman–Crippen MR) is 102 cm³/mol. The molecule has 0 unspecified atom stereocenters. The van der Waals surface area contributed by atoms with Gasteiger partial charge < -0.3 is 10.2 Å². The van der Waals surface area contributed by atoms with Gasteiger partial charge in [-0.2, -0.15) is 0 Å². The molecular weight excluding hydrogens is 355 g/mol. The molecule has 5 heteroatoms. The number of hydrogen-bond donors (Lipinski definition) is 2. The molecule has 0 aromatic heterocycles. The largest absolute Gasteiger partial charge is 0.508 e. The Balaban J connectivity index is 2.44. The predicted octanol–water partition coefficient (Wildman–Crippen LogP) is 5.70. The summed E-state index contributed by atoms with van der Waals surface area (Å²) in [7, 11) is 0. The fourth-order valence-corrected chi connectivity index (χ4v) is 3.27. The number of phenolic OH excluding ortho intramolecular Hbond substituents is 1. The molecule has 0 bridgehead atoms. The van der Waals surface area contributed by atoms with E-state index < -0.39 is 11.8 Å². The lowest BCUT2D eigenvalue weighted by atomic mass is 9.93. The number of carboxylic acids is 1. The number of rotatable bonds is 5. The summed E-state index contributed by atoms with van der Waals surface area (Å²) in [5.41, 5.74) is 3.27. The quantitative estimate of drug-likeness (QED) is 0.658. The zero-order chi connectivity index (χ0) is 19.6. The van der Waals surface area contributed by atoms with Crippen molar-refractivity contribution in [2.75, 3.05) is 0 Å². The molecule has 2 rings (SSSR count). The summed E-state index contributed by atoms with van der Waals surface area (Å²) in [6.07, 6.45) is 1.83. The summed E-state index contributed by atoms with van der Waals surface area (Å²) in [5, 5.41) is 19.3. The van der Waals surface area contributed by atoms with E-state index in [2.05, 4.69) is 0 Å². The normalized spacial score (nSPS) is 11.9. The fraction of sp³-hybridized carbons (Fsp3) is 0.286. The molecule has 0 saturated heterocycles. The second-order valence-corrected chi connectivity index (χ2v) is 7.14. The summed E-state index contributed by atoms with van der Waals surface area (Å²) >= 11 is 6.39. The first-order chi connectivity index (χ1) is 12.1. The minimum atomic E-state index is -0.991. The van der Waals surface area contributed by atoms with E-state index in [1.54, 1.807) is 18.2 Å². The van der Waals surface area contributed by atoms with Gasteiger partial charge in [-0.1, -0.05) is 37.6 Å². The van der Waals surface area contributed by atoms with Crippen LogP contribution in [0, 0.1) is 12.7 Å². The van der Waals surface area contributed by atoms with Gasteiger partial charge in [0.05, 0.1) is 0 Å². The Bertz CT molecular complexity index is 862. The van der Waals surface area contributed by atoms with Gasteiger partial charge in [0.15, 0.2) is 0 Å². The van der Waals surface area contributed by atoms with Gasteiger partial charge in [0.25, 0.3) is 0 Å². The number of benzene rings is 2. The highest BCUT2D eigenvalue weighted by molar-refractivity contribution is 6.31. The van der Waals surface area contributed by atoms with E-state index in [1.807, 2.05) is 26.8 Å². The molecule has 0 amide bonds. The number of hydrogen-bond acceptors (Lipinski definition) is 2. The zero-order valence-corrected chi connectivity index (χ0v) is 16.0. The van der Waals surface area contributed by atoms with E-state index in [-0.39, 0.29) is 17.2 Å². The monoisotopic (exact) mass is 376 g/mol. The third-order valence-electron chi connectivity index (χ3n) is 4.34. The van der Waals surface area contributed by atoms with Gasteiger partial charge in [0.2, 0.25) is 0 Å². The first-order valence-corrected chi connectivity index (χ1v) is 8.70. The van der Waals surface area contributed by atoms with Gasteiger partial charge in [-0.3, -0.25) is 0 Å². The molecule has 2 N–H and O–H groups in total. The minimum Gasteiger partial charge on any atom is -0.508 e. The number of aliphatic carboxylic acids is 1. The summed E-state index contributed by atoms with van der Waals surface area (Å²) in [4.78, 5) is 11.0. The van der Waals surface area contributed by atoms with E-state index in [1.165, 1.54) is 13.0 Å². The lowest BCUT2D eigenvalue weighted by molar-refractivity contribution is -0.132. The van der Waals surface area contributed by atoms with Crippen LogP contribution in [0.5, 0.6) is 5.75 Å². The Kier molecular flexibility index (Phi) is 6.09. The third kappa shape index (κ3) is 4.25. The van der Waals surface area contributed by atoms with Crippen molar-refractivity contribution in [2.45, 2.75) is 40.0 Å². The SMILES string of the molecule is C/C(=C\c1cc(C)c(Cc2ccc(O)c(C(C)C)c2F)c(Cl)c1)C(=O)O. The van der Waals surface area contributed by atoms with Crippen LogP contribution < -0.4 is 0 Å². The molecule has 0 heterocycles. The van der Waals surface area contributed by atoms with E-state index >= 15 is 0 Å². The van der Waals surface area contributed by atoms with E-state index in [4.69, 9.17) is 16.7 Å². The summed E-state index contributed by atoms with van der Waals surface area (Å²) in [6.45, 7) is 7.02. The summed E-state index contributed by atoms with van der Waals surface area (Å²) in [6, 6.07) is 6.58. The van der Waals surface area contributed by atoms with Crippen LogP contribution >= 0.6 is 11.6 Å². The van der Waals surface area contributed by atoms with Gasteiger partial charge >= 0.3 is 5.97 Å². The Morgan fingerprint density at radius 3 is 2.50 bits per heavy atom. The fourth-order valence-electron chi connectivity index (χ4n) is 2.92. The average molecular weight is 377 g/mol. The van der Waals surface area contributed by atoms with Crippen LogP contribution in [0.25, 0.3) is 6.08 Å². The smallest absolute Gasteiger partial charge is 0.331 e. The Hall–Kier alpha value is -2.33. The van der Waals surface area contributed by atoms with Gasteiger partial charge in [0, 0.05) is 22.6 Å². The lowest BCUT2D eigenvalue weighted by Gasteiger charge is -2.15. The van der Waals surface area contributed by atoms with Gasteiger partial charge in [-0.05, 0) is 60.2 Å². The number of carboxylic acid groups (broad SMARTS) is 1. The Morgan fingerprint density at radius 1 is 1.31 bits per heavy atom. The maximum atomic E-state index is 14.8. The highest BCUT2D eigenvalue weighted by Crippen LogP contribution is 2.33. The molecule has 0 fully saturated rings. The van der Waals surface area contributed by atoms with Gasteiger partial charge in [-0.25, -0.2) is 9.18 Å². The molecule has 0 saturated carbocycles. The molecule has 0 spiro atoms. The number of phenols is 1. The van der Waals surface area contributed by atoms with Crippen molar-refractivity contribution in [3.05, 3.63) is 68.5 Å². The zero-order valence-electron chi connectivity index (χ0n) is 15.2. The van der Waals surface area contributed by atoms with Crippen molar-refractivity contribution in [1.29, 1.82) is 0 Å². The molecule has 3 nitrogen and oxygen atoms in total. The van der Waals surface area contributed by atoms with Crippen LogP contribution in [0.4, 0.5) is 4.39 Å². The molecule has 0 radical (unpaired) electrons. The highest BCUT2D eigenvalue weighted by atomic mass is 35.5. The van der Waals surface area contributed by atoms with Crippen LogP contribution in [0.3, 0.4) is 0 Å². The maximum absolute atomic E-state index is 14.8. The van der Waals surface area contributed by atoms with Crippen LogP contribution in [0.1, 0.15) is 54.5 Å². The van der Waals surface area contributed by atoms with E-state index in [0.29, 0.717) is 28.1 Å². The summed E-state index contributed by atoms with van der Waals surface area (Å²) < 4.78 is 14.8. The number of aromatic hydroxyl groups is 1. The first kappa shape index (κ1) is 20.0. The molecule has 0 aliphatic carbocycles. The van der Waals surface area contributed by atoms with Crippen LogP contribution in [-0.2, 0) is 11.2 Å². The average Bonchev–Trinajstić information content (AvgIpc) is 2.52. The first-order valence-electron chi connectivity index (χ1n) is 8.32. The topological polar surface area (TPSA) is 57.5 Å². The Labute approximate surface area is 157 Å². The molecule has 0 atom stereocenters. The molecular formula is C21H22ClFO3. The van der Waals surface area contributed by atoms with Crippen molar-refractivity contribution in [1.82, 2.24) is 0 Å². The van der Waals surface area contributed by atoms with Gasteiger partial charge in [0.1, 0.15) is 11.6 Å². The minimum absolute atomic E-state index is 0.0475. The maximum Gasteiger partial charge on any atom is 0.331 e. The van der Waals surface area contributed by atoms with E-state index in [9.17, 15) is 14.3 Å². The van der Waals surface area contributed by atoms with Crippen LogP contribution in [0.15, 0.2) is 29.8 Å². The second kappa shape index (κ2) is 7.92. The summed E-state index contributed by atoms with van der Waals surface area (Å²) in [5.74, 6) is -1.59.